The van der Waals surface area contributed by atoms with Gasteiger partial charge in [0.1, 0.15) is 11.6 Å². The van der Waals surface area contributed by atoms with Gasteiger partial charge in [0, 0.05) is 12.6 Å². The fraction of sp³-hybridized carbons (Fsp3) is 0.182. The molecule has 138 valence electrons. The lowest BCUT2D eigenvalue weighted by Crippen LogP contribution is -2.30. The summed E-state index contributed by atoms with van der Waals surface area (Å²) in [7, 11) is 0. The minimum Gasteiger partial charge on any atom is -0.350 e. The highest BCUT2D eigenvalue weighted by Gasteiger charge is 2.14. The zero-order valence-electron chi connectivity index (χ0n) is 15.4. The van der Waals surface area contributed by atoms with Crippen LogP contribution in [-0.2, 0) is 6.54 Å². The Morgan fingerprint density at radius 3 is 2.37 bits per heavy atom. The standard InChI is InChI=1S/C22H22FN3O/c1-16(2)26(15-17-8-4-3-5-9-17)21-13-12-18(14-24-21)25-22(27)19-10-6-7-11-20(19)23/h3-14,16H,15H2,1-2H3,(H,25,27). The summed E-state index contributed by atoms with van der Waals surface area (Å²) in [5.41, 5.74) is 1.73. The molecular formula is C22H22FN3O. The minimum atomic E-state index is -0.548. The third-order valence-corrected chi connectivity index (χ3v) is 4.24. The molecule has 1 amide bonds. The summed E-state index contributed by atoms with van der Waals surface area (Å²) in [5, 5.41) is 2.68. The van der Waals surface area contributed by atoms with Crippen molar-refractivity contribution in [2.45, 2.75) is 26.4 Å². The zero-order valence-corrected chi connectivity index (χ0v) is 15.4. The van der Waals surface area contributed by atoms with Crippen LogP contribution in [0.3, 0.4) is 0 Å². The largest absolute Gasteiger partial charge is 0.350 e. The number of anilines is 2. The van der Waals surface area contributed by atoms with E-state index in [4.69, 9.17) is 0 Å². The van der Waals surface area contributed by atoms with Gasteiger partial charge in [-0.3, -0.25) is 4.79 Å². The maximum absolute atomic E-state index is 13.7. The Bertz CT molecular complexity index is 895. The molecule has 0 atom stereocenters. The Morgan fingerprint density at radius 2 is 1.74 bits per heavy atom. The molecule has 3 aromatic rings. The second kappa shape index (κ2) is 8.45. The van der Waals surface area contributed by atoms with Crippen molar-refractivity contribution in [2.75, 3.05) is 10.2 Å². The minimum absolute atomic E-state index is 0.00876. The molecule has 5 heteroatoms. The van der Waals surface area contributed by atoms with E-state index < -0.39 is 11.7 Å². The first-order valence-corrected chi connectivity index (χ1v) is 8.87. The van der Waals surface area contributed by atoms with E-state index in [-0.39, 0.29) is 11.6 Å². The summed E-state index contributed by atoms with van der Waals surface area (Å²) in [5.74, 6) is -0.223. The average molecular weight is 363 g/mol. The molecule has 4 nitrogen and oxygen atoms in total. The fourth-order valence-electron chi connectivity index (χ4n) is 2.78. The van der Waals surface area contributed by atoms with Gasteiger partial charge in [-0.2, -0.15) is 0 Å². The van der Waals surface area contributed by atoms with Gasteiger partial charge in [0.05, 0.1) is 17.4 Å². The third kappa shape index (κ3) is 4.70. The van der Waals surface area contributed by atoms with Crippen molar-refractivity contribution >= 4 is 17.4 Å². The van der Waals surface area contributed by atoms with Gasteiger partial charge < -0.3 is 10.2 Å². The normalized spacial score (nSPS) is 10.7. The van der Waals surface area contributed by atoms with Crippen LogP contribution in [0.1, 0.15) is 29.8 Å². The van der Waals surface area contributed by atoms with Gasteiger partial charge in [0.15, 0.2) is 0 Å². The highest BCUT2D eigenvalue weighted by atomic mass is 19.1. The van der Waals surface area contributed by atoms with E-state index in [0.29, 0.717) is 5.69 Å². The number of aromatic nitrogens is 1. The number of hydrogen-bond acceptors (Lipinski definition) is 3. The maximum Gasteiger partial charge on any atom is 0.258 e. The fourth-order valence-corrected chi connectivity index (χ4v) is 2.78. The smallest absolute Gasteiger partial charge is 0.258 e. The van der Waals surface area contributed by atoms with Crippen molar-refractivity contribution in [3.8, 4) is 0 Å². The van der Waals surface area contributed by atoms with Crippen molar-refractivity contribution in [1.29, 1.82) is 0 Å². The van der Waals surface area contributed by atoms with Crippen molar-refractivity contribution < 1.29 is 9.18 Å². The third-order valence-electron chi connectivity index (χ3n) is 4.24. The Morgan fingerprint density at radius 1 is 1.04 bits per heavy atom. The number of rotatable bonds is 6. The molecule has 1 aromatic heterocycles. The lowest BCUT2D eigenvalue weighted by molar-refractivity contribution is 0.102. The van der Waals surface area contributed by atoms with Gasteiger partial charge in [-0.1, -0.05) is 42.5 Å². The van der Waals surface area contributed by atoms with Crippen LogP contribution in [0.4, 0.5) is 15.9 Å². The summed E-state index contributed by atoms with van der Waals surface area (Å²) >= 11 is 0. The van der Waals surface area contributed by atoms with Crippen LogP contribution in [0.15, 0.2) is 72.9 Å². The van der Waals surface area contributed by atoms with Gasteiger partial charge in [0.25, 0.3) is 5.91 Å². The van der Waals surface area contributed by atoms with Crippen LogP contribution in [0.2, 0.25) is 0 Å². The molecule has 0 unspecified atom stereocenters. The number of carbonyl (C=O) groups excluding carboxylic acids is 1. The molecule has 0 aliphatic heterocycles. The molecule has 0 bridgehead atoms. The van der Waals surface area contributed by atoms with Gasteiger partial charge in [-0.25, -0.2) is 9.37 Å². The van der Waals surface area contributed by atoms with E-state index in [9.17, 15) is 9.18 Å². The Balaban J connectivity index is 1.73. The predicted octanol–water partition coefficient (Wildman–Crippen LogP) is 4.89. The zero-order chi connectivity index (χ0) is 19.2. The molecule has 1 heterocycles. The number of carbonyl (C=O) groups is 1. The average Bonchev–Trinajstić information content (AvgIpc) is 2.68. The topological polar surface area (TPSA) is 45.2 Å². The Hall–Kier alpha value is -3.21. The Labute approximate surface area is 158 Å². The quantitative estimate of drug-likeness (QED) is 0.678. The van der Waals surface area contributed by atoms with E-state index >= 15 is 0 Å². The SMILES string of the molecule is CC(C)N(Cc1ccccc1)c1ccc(NC(=O)c2ccccc2F)cn1. The molecule has 0 radical (unpaired) electrons. The van der Waals surface area contributed by atoms with Crippen molar-refractivity contribution in [3.63, 3.8) is 0 Å². The van der Waals surface area contributed by atoms with E-state index in [1.165, 1.54) is 17.7 Å². The number of halogens is 1. The number of nitrogens with zero attached hydrogens (tertiary/aromatic N) is 2. The lowest BCUT2D eigenvalue weighted by Gasteiger charge is -2.28. The molecule has 3 rings (SSSR count). The van der Waals surface area contributed by atoms with E-state index in [1.54, 1.807) is 24.4 Å². The van der Waals surface area contributed by atoms with Crippen LogP contribution in [-0.4, -0.2) is 16.9 Å². The molecule has 0 aliphatic rings. The summed E-state index contributed by atoms with van der Waals surface area (Å²) in [6.07, 6.45) is 1.59. The van der Waals surface area contributed by atoms with E-state index in [1.807, 2.05) is 24.3 Å². The molecule has 0 fully saturated rings. The van der Waals surface area contributed by atoms with E-state index in [0.717, 1.165) is 12.4 Å². The predicted molar refractivity (Wildman–Crippen MR) is 106 cm³/mol. The molecule has 1 N–H and O–H groups in total. The van der Waals surface area contributed by atoms with E-state index in [2.05, 4.69) is 41.2 Å². The molecule has 0 saturated carbocycles. The summed E-state index contributed by atoms with van der Waals surface area (Å²) in [6, 6.07) is 20.0. The number of pyridine rings is 1. The first-order valence-electron chi connectivity index (χ1n) is 8.87. The molecule has 27 heavy (non-hydrogen) atoms. The lowest BCUT2D eigenvalue weighted by atomic mass is 10.2. The van der Waals surface area contributed by atoms with Crippen LogP contribution in [0.25, 0.3) is 0 Å². The molecule has 0 saturated heterocycles. The molecule has 0 spiro atoms. The van der Waals surface area contributed by atoms with Crippen molar-refractivity contribution in [1.82, 2.24) is 4.98 Å². The summed E-state index contributed by atoms with van der Waals surface area (Å²) in [6.45, 7) is 4.96. The van der Waals surface area contributed by atoms with Gasteiger partial charge in [0.2, 0.25) is 0 Å². The van der Waals surface area contributed by atoms with Crippen LogP contribution < -0.4 is 10.2 Å². The Kier molecular flexibility index (Phi) is 5.81. The molecular weight excluding hydrogens is 341 g/mol. The molecule has 0 aliphatic carbocycles. The van der Waals surface area contributed by atoms with Crippen LogP contribution in [0, 0.1) is 5.82 Å². The number of benzene rings is 2. The first-order chi connectivity index (χ1) is 13.0. The first kappa shape index (κ1) is 18.6. The van der Waals surface area contributed by atoms with Crippen LogP contribution >= 0.6 is 0 Å². The number of hydrogen-bond donors (Lipinski definition) is 1. The highest BCUT2D eigenvalue weighted by Crippen LogP contribution is 2.20. The van der Waals surface area contributed by atoms with Gasteiger partial charge in [-0.05, 0) is 43.7 Å². The monoisotopic (exact) mass is 363 g/mol. The van der Waals surface area contributed by atoms with Crippen molar-refractivity contribution in [3.05, 3.63) is 89.9 Å². The second-order valence-electron chi connectivity index (χ2n) is 6.55. The van der Waals surface area contributed by atoms with Crippen LogP contribution in [0.5, 0.6) is 0 Å². The maximum atomic E-state index is 13.7. The van der Waals surface area contributed by atoms with Gasteiger partial charge in [-0.15, -0.1) is 0 Å². The highest BCUT2D eigenvalue weighted by molar-refractivity contribution is 6.04. The number of nitrogens with one attached hydrogen (secondary N) is 1. The van der Waals surface area contributed by atoms with Gasteiger partial charge >= 0.3 is 0 Å². The second-order valence-corrected chi connectivity index (χ2v) is 6.55. The summed E-state index contributed by atoms with van der Waals surface area (Å²) < 4.78 is 13.7. The summed E-state index contributed by atoms with van der Waals surface area (Å²) in [4.78, 5) is 18.9. The molecule has 2 aromatic carbocycles. The van der Waals surface area contributed by atoms with Crippen molar-refractivity contribution in [2.24, 2.45) is 0 Å². The number of amides is 1.